The van der Waals surface area contributed by atoms with Crippen LogP contribution in [0.1, 0.15) is 0 Å². The molecule has 0 saturated carbocycles. The molecule has 3 rings (SSSR count). The van der Waals surface area contributed by atoms with Crippen molar-refractivity contribution in [1.82, 2.24) is 15.0 Å². The zero-order valence-electron chi connectivity index (χ0n) is 10.5. The smallest absolute Gasteiger partial charge is 0.153 e. The van der Waals surface area contributed by atoms with Crippen LogP contribution in [0, 0.1) is 7.14 Å². The number of halogens is 2. The Morgan fingerprint density at radius 2 is 1.80 bits per heavy atom. The van der Waals surface area contributed by atoms with Crippen molar-refractivity contribution >= 4 is 69.0 Å². The van der Waals surface area contributed by atoms with Gasteiger partial charge in [0.25, 0.3) is 0 Å². The van der Waals surface area contributed by atoms with Crippen LogP contribution in [0.15, 0.2) is 30.3 Å². The summed E-state index contributed by atoms with van der Waals surface area (Å²) in [5.41, 5.74) is 3.00. The van der Waals surface area contributed by atoms with Crippen LogP contribution in [0.25, 0.3) is 16.7 Å². The molecule has 0 fully saturated rings. The Hall–Kier alpha value is -0.835. The first-order valence-electron chi connectivity index (χ1n) is 5.93. The average molecular weight is 488 g/mol. The molecule has 7 heteroatoms. The minimum Gasteiger partial charge on any atom is -0.506 e. The highest BCUT2D eigenvalue weighted by Gasteiger charge is 2.13. The summed E-state index contributed by atoms with van der Waals surface area (Å²) in [5.74, 6) is 0.197. The van der Waals surface area contributed by atoms with Crippen LogP contribution in [0.5, 0.6) is 5.75 Å². The van der Waals surface area contributed by atoms with Gasteiger partial charge in [-0.3, -0.25) is 0 Å². The van der Waals surface area contributed by atoms with Gasteiger partial charge in [0.1, 0.15) is 22.5 Å². The van der Waals surface area contributed by atoms with Crippen molar-refractivity contribution in [2.24, 2.45) is 0 Å². The molecule has 0 aliphatic heterocycles. The highest BCUT2D eigenvalue weighted by molar-refractivity contribution is 14.1. The third kappa shape index (κ3) is 2.52. The van der Waals surface area contributed by atoms with E-state index in [-0.39, 0.29) is 5.75 Å². The van der Waals surface area contributed by atoms with E-state index in [1.54, 1.807) is 0 Å². The maximum absolute atomic E-state index is 10.3. The van der Waals surface area contributed by atoms with Gasteiger partial charge in [-0.25, -0.2) is 0 Å². The van der Waals surface area contributed by atoms with Crippen molar-refractivity contribution in [2.45, 2.75) is 6.82 Å². The monoisotopic (exact) mass is 488 g/mol. The molecule has 0 unspecified atom stereocenters. The lowest BCUT2D eigenvalue weighted by atomic mass is 9.72. The maximum atomic E-state index is 10.3. The second kappa shape index (κ2) is 5.51. The summed E-state index contributed by atoms with van der Waals surface area (Å²) in [6.07, 6.45) is 0. The second-order valence-electron chi connectivity index (χ2n) is 4.27. The van der Waals surface area contributed by atoms with Crippen molar-refractivity contribution < 1.29 is 5.11 Å². The molecule has 3 aromatic rings. The van der Waals surface area contributed by atoms with E-state index in [4.69, 9.17) is 0 Å². The molecular formula is C13H9BI2N3O. The largest absolute Gasteiger partial charge is 0.506 e. The molecule has 0 bridgehead atoms. The summed E-state index contributed by atoms with van der Waals surface area (Å²) in [6.45, 7) is 1.89. The molecule has 0 atom stereocenters. The topological polar surface area (TPSA) is 50.9 Å². The molecule has 99 valence electrons. The summed E-state index contributed by atoms with van der Waals surface area (Å²) in [4.78, 5) is 1.49. The number of aromatic hydroxyl groups is 1. The van der Waals surface area contributed by atoms with Crippen LogP contribution >= 0.6 is 45.2 Å². The number of benzene rings is 2. The van der Waals surface area contributed by atoms with Crippen LogP contribution < -0.4 is 5.46 Å². The zero-order valence-corrected chi connectivity index (χ0v) is 14.8. The number of rotatable bonds is 2. The molecule has 0 saturated heterocycles. The van der Waals surface area contributed by atoms with Gasteiger partial charge in [0.2, 0.25) is 0 Å². The van der Waals surface area contributed by atoms with Crippen molar-refractivity contribution in [3.05, 3.63) is 37.5 Å². The van der Waals surface area contributed by atoms with E-state index in [1.807, 2.05) is 44.4 Å². The van der Waals surface area contributed by atoms with Crippen LogP contribution in [-0.2, 0) is 0 Å². The molecule has 1 radical (unpaired) electrons. The minimum atomic E-state index is 0.197. The van der Waals surface area contributed by atoms with Gasteiger partial charge in [0, 0.05) is 7.14 Å². The molecule has 0 spiro atoms. The summed E-state index contributed by atoms with van der Waals surface area (Å²) in [5, 5.41) is 19.2. The first-order valence-corrected chi connectivity index (χ1v) is 8.09. The highest BCUT2D eigenvalue weighted by atomic mass is 127. The van der Waals surface area contributed by atoms with Gasteiger partial charge in [-0.15, -0.1) is 15.0 Å². The van der Waals surface area contributed by atoms with E-state index >= 15 is 0 Å². The third-order valence-corrected chi connectivity index (χ3v) is 4.25. The van der Waals surface area contributed by atoms with E-state index in [9.17, 15) is 5.11 Å². The predicted octanol–water partition coefficient (Wildman–Crippen LogP) is 2.71. The Kier molecular flexibility index (Phi) is 3.89. The van der Waals surface area contributed by atoms with Gasteiger partial charge in [-0.05, 0) is 74.9 Å². The summed E-state index contributed by atoms with van der Waals surface area (Å²) in [7, 11) is 1.87. The van der Waals surface area contributed by atoms with E-state index in [0.29, 0.717) is 5.69 Å². The lowest BCUT2D eigenvalue weighted by molar-refractivity contribution is 0.472. The van der Waals surface area contributed by atoms with Gasteiger partial charge in [-0.2, -0.15) is 0 Å². The number of phenolic OH excluding ortho intramolecular Hbond substituents is 1. The fourth-order valence-electron chi connectivity index (χ4n) is 1.97. The Morgan fingerprint density at radius 3 is 2.55 bits per heavy atom. The number of fused-ring (bicyclic) bond motifs is 1. The van der Waals surface area contributed by atoms with Gasteiger partial charge in [0.15, 0.2) is 7.28 Å². The fraction of sp³-hybridized carbons (Fsp3) is 0.0769. The van der Waals surface area contributed by atoms with Crippen molar-refractivity contribution in [3.63, 3.8) is 0 Å². The Balaban J connectivity index is 2.22. The Labute approximate surface area is 144 Å². The molecule has 4 nitrogen and oxygen atoms in total. The lowest BCUT2D eigenvalue weighted by Crippen LogP contribution is -2.15. The number of phenols is 1. The number of nitrogens with zero attached hydrogens (tertiary/aromatic N) is 3. The molecule has 0 amide bonds. The maximum Gasteiger partial charge on any atom is 0.153 e. The van der Waals surface area contributed by atoms with Gasteiger partial charge >= 0.3 is 0 Å². The van der Waals surface area contributed by atoms with Crippen LogP contribution in [0.2, 0.25) is 6.82 Å². The summed E-state index contributed by atoms with van der Waals surface area (Å²) in [6, 6.07) is 9.68. The minimum absolute atomic E-state index is 0.197. The molecule has 1 N–H and O–H groups in total. The third-order valence-electron chi connectivity index (χ3n) is 2.95. The highest BCUT2D eigenvalue weighted by Crippen LogP contribution is 2.22. The van der Waals surface area contributed by atoms with Crippen LogP contribution in [0.3, 0.4) is 0 Å². The Morgan fingerprint density at radius 1 is 1.05 bits per heavy atom. The van der Waals surface area contributed by atoms with E-state index in [0.717, 1.165) is 23.6 Å². The first kappa shape index (κ1) is 14.1. The lowest BCUT2D eigenvalue weighted by Gasteiger charge is -2.08. The zero-order chi connectivity index (χ0) is 14.3. The number of hydrogen-bond donors (Lipinski definition) is 1. The van der Waals surface area contributed by atoms with Crippen LogP contribution in [-0.4, -0.2) is 27.4 Å². The molecule has 0 aliphatic carbocycles. The predicted molar refractivity (Wildman–Crippen MR) is 97.2 cm³/mol. The van der Waals surface area contributed by atoms with Crippen molar-refractivity contribution in [3.8, 4) is 11.4 Å². The summed E-state index contributed by atoms with van der Waals surface area (Å²) >= 11 is 4.46. The fourth-order valence-corrected chi connectivity index (χ4v) is 3.08. The summed E-state index contributed by atoms with van der Waals surface area (Å²) < 4.78 is 2.14. The molecule has 2 aromatic carbocycles. The molecule has 1 heterocycles. The van der Waals surface area contributed by atoms with E-state index < -0.39 is 0 Å². The number of hydrogen-bond acceptors (Lipinski definition) is 3. The van der Waals surface area contributed by atoms with Crippen molar-refractivity contribution in [1.29, 1.82) is 0 Å². The second-order valence-corrected chi connectivity index (χ2v) is 6.77. The van der Waals surface area contributed by atoms with Crippen molar-refractivity contribution in [2.75, 3.05) is 0 Å². The van der Waals surface area contributed by atoms with Crippen LogP contribution in [0.4, 0.5) is 0 Å². The van der Waals surface area contributed by atoms with Gasteiger partial charge < -0.3 is 5.11 Å². The quantitative estimate of drug-likeness (QED) is 0.447. The first-order chi connectivity index (χ1) is 9.58. The molecule has 0 aliphatic rings. The van der Waals surface area contributed by atoms with E-state index in [1.165, 1.54) is 4.80 Å². The SMILES string of the molecule is C[B]c1cc(I)cc(-n2nc3ccc(I)cc3n2)c1O. The average Bonchev–Trinajstić information content (AvgIpc) is 2.83. The molecule has 20 heavy (non-hydrogen) atoms. The Bertz CT molecular complexity index is 804. The van der Waals surface area contributed by atoms with Gasteiger partial charge in [0.05, 0.1) is 0 Å². The normalized spacial score (nSPS) is 10.9. The standard InChI is InChI=1S/C13H9BI2N3O/c1-14-9-4-8(16)6-12(13(9)20)19-17-10-3-2-7(15)5-11(10)18-19/h2-6,20H,1H3. The van der Waals surface area contributed by atoms with Gasteiger partial charge in [-0.1, -0.05) is 12.9 Å². The van der Waals surface area contributed by atoms with E-state index in [2.05, 4.69) is 55.4 Å². The molecular weight excluding hydrogens is 479 g/mol. The molecule has 1 aromatic heterocycles. The number of aromatic nitrogens is 3.